The number of amides is 1. The van der Waals surface area contributed by atoms with Crippen molar-refractivity contribution in [2.24, 2.45) is 5.92 Å². The lowest BCUT2D eigenvalue weighted by Crippen LogP contribution is -2.41. The number of rotatable bonds is 10. The van der Waals surface area contributed by atoms with E-state index in [1.165, 1.54) is 14.7 Å². The number of aromatic amines is 1. The molecular formula is C45H45FN9O7S-. The van der Waals surface area contributed by atoms with Crippen molar-refractivity contribution in [2.45, 2.75) is 77.4 Å². The summed E-state index contributed by atoms with van der Waals surface area (Å²) in [6.45, 7) is 9.16. The molecule has 3 aliphatic rings. The van der Waals surface area contributed by atoms with Crippen LogP contribution in [0.25, 0.3) is 28.1 Å². The van der Waals surface area contributed by atoms with Crippen molar-refractivity contribution in [2.75, 3.05) is 19.8 Å². The number of aromatic nitrogens is 7. The Morgan fingerprint density at radius 3 is 2.38 bits per heavy atom. The first-order valence-electron chi connectivity index (χ1n) is 21.1. The van der Waals surface area contributed by atoms with Crippen LogP contribution in [0, 0.1) is 25.6 Å². The Morgan fingerprint density at radius 1 is 1.00 bits per heavy atom. The van der Waals surface area contributed by atoms with E-state index in [-0.39, 0.29) is 24.2 Å². The lowest BCUT2D eigenvalue weighted by Gasteiger charge is -2.34. The summed E-state index contributed by atoms with van der Waals surface area (Å²) < 4.78 is 56.9. The van der Waals surface area contributed by atoms with E-state index in [2.05, 4.69) is 40.0 Å². The fourth-order valence-electron chi connectivity index (χ4n) is 9.86. The van der Waals surface area contributed by atoms with Crippen molar-refractivity contribution in [3.05, 3.63) is 145 Å². The number of carbonyl (C=O) groups excluding carboxylic acids is 1. The van der Waals surface area contributed by atoms with E-state index in [4.69, 9.17) is 14.4 Å². The normalized spacial score (nSPS) is 20.6. The fraction of sp³-hybridized carbons (Fsp3) is 0.356. The van der Waals surface area contributed by atoms with Crippen LogP contribution in [0.5, 0.6) is 0 Å². The first-order valence-corrected chi connectivity index (χ1v) is 22.1. The molecule has 0 spiro atoms. The van der Waals surface area contributed by atoms with Gasteiger partial charge in [0.1, 0.15) is 22.9 Å². The Labute approximate surface area is 362 Å². The number of nitrogens with zero attached hydrogens (tertiary/aromatic N) is 7. The highest BCUT2D eigenvalue weighted by molar-refractivity contribution is 7.77. The van der Waals surface area contributed by atoms with Crippen molar-refractivity contribution >= 4 is 28.1 Å². The minimum Gasteiger partial charge on any atom is -0.760 e. The summed E-state index contributed by atoms with van der Waals surface area (Å²) in [6, 6.07) is 18.0. The SMILES string of the molecule is Cc1cc(-n2nc3c(c2-n2ccn(-c4ccc(CNS(=O)[O-])cc4)c2=O)[C@H](C)N(C(=O)c2cc4cc(C5CCOCC5)ccc4n2[C@@]2(c4noc(=O)[nH]4)C[C@@H]2C)CC3)cc(C)c1F. The molecule has 16 nitrogen and oxygen atoms in total. The number of nitrogens with one attached hydrogen (secondary N) is 2. The number of hydrogen-bond acceptors (Lipinski definition) is 9. The highest BCUT2D eigenvalue weighted by Gasteiger charge is 2.59. The molecule has 2 N–H and O–H groups in total. The Morgan fingerprint density at radius 2 is 1.71 bits per heavy atom. The van der Waals surface area contributed by atoms with Gasteiger partial charge in [0.05, 0.1) is 23.1 Å². The second-order valence-corrected chi connectivity index (χ2v) is 17.8. The van der Waals surface area contributed by atoms with E-state index in [1.807, 2.05) is 17.6 Å². The van der Waals surface area contributed by atoms with Crippen LogP contribution in [0.4, 0.5) is 4.39 Å². The quantitative estimate of drug-likeness (QED) is 0.167. The van der Waals surface area contributed by atoms with Gasteiger partial charge < -0.3 is 18.8 Å². The fourth-order valence-corrected chi connectivity index (χ4v) is 10.1. The molecule has 63 heavy (non-hydrogen) atoms. The zero-order chi connectivity index (χ0) is 43.9. The van der Waals surface area contributed by atoms with E-state index in [0.717, 1.165) is 23.7 Å². The van der Waals surface area contributed by atoms with Gasteiger partial charge in [-0.3, -0.25) is 27.6 Å². The minimum absolute atomic E-state index is 0.0144. The lowest BCUT2D eigenvalue weighted by atomic mass is 9.91. The molecule has 4 atom stereocenters. The Bertz CT molecular complexity index is 3060. The van der Waals surface area contributed by atoms with Crippen molar-refractivity contribution in [1.29, 1.82) is 0 Å². The molecular weight excluding hydrogens is 830 g/mol. The van der Waals surface area contributed by atoms with Crippen molar-refractivity contribution in [3.63, 3.8) is 0 Å². The molecule has 0 bridgehead atoms. The number of imidazole rings is 1. The summed E-state index contributed by atoms with van der Waals surface area (Å²) in [5.74, 6) is -0.134. The number of aryl methyl sites for hydroxylation is 2. The first-order chi connectivity index (χ1) is 30.3. The number of benzene rings is 3. The molecule has 1 aliphatic carbocycles. The van der Waals surface area contributed by atoms with Gasteiger partial charge in [-0.15, -0.1) is 0 Å². The predicted molar refractivity (Wildman–Crippen MR) is 230 cm³/mol. The van der Waals surface area contributed by atoms with E-state index >= 15 is 9.18 Å². The predicted octanol–water partition coefficient (Wildman–Crippen LogP) is 5.52. The van der Waals surface area contributed by atoms with E-state index in [9.17, 15) is 18.4 Å². The topological polar surface area (TPSA) is 190 Å². The molecule has 1 saturated heterocycles. The number of fused-ring (bicyclic) bond motifs is 2. The average molecular weight is 875 g/mol. The smallest absolute Gasteiger partial charge is 0.438 e. The third-order valence-electron chi connectivity index (χ3n) is 13.2. The zero-order valence-electron chi connectivity index (χ0n) is 35.1. The van der Waals surface area contributed by atoms with Gasteiger partial charge in [0, 0.05) is 72.9 Å². The van der Waals surface area contributed by atoms with Gasteiger partial charge in [-0.1, -0.05) is 30.3 Å². The van der Waals surface area contributed by atoms with E-state index < -0.39 is 34.3 Å². The third-order valence-corrected chi connectivity index (χ3v) is 13.6. The molecule has 6 heterocycles. The van der Waals surface area contributed by atoms with Crippen molar-refractivity contribution in [3.8, 4) is 17.2 Å². The molecule has 326 valence electrons. The van der Waals surface area contributed by atoms with Gasteiger partial charge in [-0.2, -0.15) is 5.10 Å². The summed E-state index contributed by atoms with van der Waals surface area (Å²) in [5.41, 5.74) is 5.20. The van der Waals surface area contributed by atoms with Crippen LogP contribution < -0.4 is 16.2 Å². The number of H-pyrrole nitrogens is 1. The second kappa shape index (κ2) is 15.5. The highest BCUT2D eigenvalue weighted by atomic mass is 32.2. The van der Waals surface area contributed by atoms with Gasteiger partial charge in [0.2, 0.25) is 0 Å². The lowest BCUT2D eigenvalue weighted by molar-refractivity contribution is 0.0663. The standard InChI is InChI=1S/C45H46FN9O7S/c1-25-19-34(20-26(2)39(25)46)55-40(53-16-15-52(44(53)58)33-8-5-29(6-9-33)24-47-63(59)60)38-28(4)51(14-11-35(38)49-55)41(56)37-22-32-21-31(30-12-17-61-18-13-30)7-10-36(32)54(37)45(23-27(45)3)42-48-43(57)62-50-42/h5-10,15-16,19-22,27-28,30,47H,11-14,17-18,23-24H2,1-4H3,(H,59,60)(H,48,50,57)/p-1/t27-,28-,45-/m0/s1. The molecule has 3 aromatic carbocycles. The van der Waals surface area contributed by atoms with Crippen LogP contribution in [0.15, 0.2) is 87.2 Å². The molecule has 1 amide bonds. The second-order valence-electron chi connectivity index (χ2n) is 17.0. The average Bonchev–Trinajstić information content (AvgIpc) is 3.77. The van der Waals surface area contributed by atoms with Gasteiger partial charge in [0.25, 0.3) is 5.91 Å². The first kappa shape index (κ1) is 40.8. The summed E-state index contributed by atoms with van der Waals surface area (Å²) >= 11 is -2.42. The molecule has 0 radical (unpaired) electrons. The molecule has 7 aromatic rings. The maximum absolute atomic E-state index is 15.4. The molecule has 2 aliphatic heterocycles. The summed E-state index contributed by atoms with van der Waals surface area (Å²) in [4.78, 5) is 46.9. The van der Waals surface area contributed by atoms with Gasteiger partial charge in [-0.25, -0.2) is 23.4 Å². The number of hydrogen-bond donors (Lipinski definition) is 2. The minimum atomic E-state index is -2.42. The zero-order valence-corrected chi connectivity index (χ0v) is 35.9. The van der Waals surface area contributed by atoms with Crippen LogP contribution in [0.2, 0.25) is 0 Å². The van der Waals surface area contributed by atoms with Crippen LogP contribution >= 0.6 is 0 Å². The number of ether oxygens (including phenoxy) is 1. The number of halogens is 1. The van der Waals surface area contributed by atoms with Gasteiger partial charge in [-0.05, 0) is 117 Å². The number of carbonyl (C=O) groups is 1. The van der Waals surface area contributed by atoms with E-state index in [0.29, 0.717) is 95.2 Å². The van der Waals surface area contributed by atoms with Crippen LogP contribution in [-0.4, -0.2) is 72.9 Å². The Balaban J connectivity index is 1.09. The Kier molecular flexibility index (Phi) is 10.1. The van der Waals surface area contributed by atoms with Crippen LogP contribution in [0.1, 0.15) is 94.9 Å². The van der Waals surface area contributed by atoms with Crippen molar-refractivity contribution < 1.29 is 27.2 Å². The maximum Gasteiger partial charge on any atom is 0.438 e. The molecule has 18 heteroatoms. The third kappa shape index (κ3) is 6.83. The maximum atomic E-state index is 15.4. The highest BCUT2D eigenvalue weighted by Crippen LogP contribution is 2.56. The summed E-state index contributed by atoms with van der Waals surface area (Å²) in [5, 5.41) is 10.1. The summed E-state index contributed by atoms with van der Waals surface area (Å²) in [6.07, 6.45) is 6.09. The monoisotopic (exact) mass is 874 g/mol. The van der Waals surface area contributed by atoms with E-state index in [1.54, 1.807) is 72.2 Å². The molecule has 1 saturated carbocycles. The summed E-state index contributed by atoms with van der Waals surface area (Å²) in [7, 11) is 0. The molecule has 10 rings (SSSR count). The molecule has 2 fully saturated rings. The van der Waals surface area contributed by atoms with Gasteiger partial charge in [0.15, 0.2) is 5.82 Å². The van der Waals surface area contributed by atoms with Crippen LogP contribution in [-0.2, 0) is 34.5 Å². The molecule has 4 aromatic heterocycles. The Hall–Kier alpha value is -6.21. The van der Waals surface area contributed by atoms with Gasteiger partial charge >= 0.3 is 11.4 Å². The van der Waals surface area contributed by atoms with Crippen LogP contribution in [0.3, 0.4) is 0 Å². The molecule has 1 unspecified atom stereocenters. The largest absolute Gasteiger partial charge is 0.760 e. The van der Waals surface area contributed by atoms with Crippen molar-refractivity contribution in [1.82, 2.24) is 43.2 Å².